The lowest BCUT2D eigenvalue weighted by molar-refractivity contribution is 0.0711. The van der Waals surface area contributed by atoms with Crippen LogP contribution in [-0.4, -0.2) is 36.0 Å². The van der Waals surface area contributed by atoms with E-state index in [0.717, 1.165) is 37.1 Å². The maximum Gasteiger partial charge on any atom is 0.254 e. The zero-order chi connectivity index (χ0) is 14.1. The first kappa shape index (κ1) is 13.9. The molecule has 1 aromatic carbocycles. The van der Waals surface area contributed by atoms with E-state index in [9.17, 15) is 4.79 Å². The molecule has 0 saturated carbocycles. The first-order valence-corrected chi connectivity index (χ1v) is 7.84. The minimum atomic E-state index is 0.131. The van der Waals surface area contributed by atoms with Gasteiger partial charge in [-0.2, -0.15) is 0 Å². The zero-order valence-corrected chi connectivity index (χ0v) is 12.6. The molecule has 2 aliphatic heterocycles. The van der Waals surface area contributed by atoms with Crippen molar-refractivity contribution in [3.8, 4) is 0 Å². The summed E-state index contributed by atoms with van der Waals surface area (Å²) in [5, 5.41) is 4.18. The highest BCUT2D eigenvalue weighted by Gasteiger charge is 2.36. The third-order valence-corrected chi connectivity index (χ3v) is 4.63. The van der Waals surface area contributed by atoms with E-state index in [2.05, 4.69) is 5.32 Å². The van der Waals surface area contributed by atoms with Gasteiger partial charge in [-0.25, -0.2) is 0 Å². The van der Waals surface area contributed by atoms with Crippen LogP contribution in [0.4, 0.5) is 0 Å². The zero-order valence-electron chi connectivity index (χ0n) is 11.9. The fourth-order valence-corrected chi connectivity index (χ4v) is 3.82. The molecule has 1 amide bonds. The van der Waals surface area contributed by atoms with Crippen LogP contribution in [0.15, 0.2) is 18.2 Å². The maximum absolute atomic E-state index is 12.8. The SMILES string of the molecule is Cc1cc(Cl)cc(C(=O)N2CCCC2C2CCCN2)c1. The van der Waals surface area contributed by atoms with E-state index in [1.54, 1.807) is 6.07 Å². The van der Waals surface area contributed by atoms with Gasteiger partial charge in [0.15, 0.2) is 0 Å². The first-order valence-electron chi connectivity index (χ1n) is 7.47. The molecule has 1 N–H and O–H groups in total. The van der Waals surface area contributed by atoms with Gasteiger partial charge in [-0.15, -0.1) is 0 Å². The molecule has 1 aromatic rings. The Hall–Kier alpha value is -1.06. The van der Waals surface area contributed by atoms with Crippen LogP contribution in [0.5, 0.6) is 0 Å². The van der Waals surface area contributed by atoms with Crippen LogP contribution in [0.3, 0.4) is 0 Å². The Morgan fingerprint density at radius 1 is 1.30 bits per heavy atom. The van der Waals surface area contributed by atoms with Crippen molar-refractivity contribution >= 4 is 17.5 Å². The molecule has 108 valence electrons. The normalized spacial score (nSPS) is 26.2. The average Bonchev–Trinajstić information content (AvgIpc) is 3.07. The van der Waals surface area contributed by atoms with Gasteiger partial charge in [-0.1, -0.05) is 11.6 Å². The second-order valence-electron chi connectivity index (χ2n) is 5.93. The predicted molar refractivity (Wildman–Crippen MR) is 81.3 cm³/mol. The minimum Gasteiger partial charge on any atom is -0.334 e. The molecule has 4 heteroatoms. The lowest BCUT2D eigenvalue weighted by Crippen LogP contribution is -2.46. The van der Waals surface area contributed by atoms with E-state index in [1.807, 2.05) is 24.0 Å². The summed E-state index contributed by atoms with van der Waals surface area (Å²) < 4.78 is 0. The summed E-state index contributed by atoms with van der Waals surface area (Å²) in [4.78, 5) is 14.8. The number of halogens is 1. The van der Waals surface area contributed by atoms with Crippen LogP contribution >= 0.6 is 11.6 Å². The fourth-order valence-electron chi connectivity index (χ4n) is 3.53. The van der Waals surface area contributed by atoms with Gasteiger partial charge in [-0.05, 0) is 62.9 Å². The first-order chi connectivity index (χ1) is 9.65. The summed E-state index contributed by atoms with van der Waals surface area (Å²) in [6.45, 7) is 3.93. The summed E-state index contributed by atoms with van der Waals surface area (Å²) in [6, 6.07) is 6.43. The molecule has 0 spiro atoms. The van der Waals surface area contributed by atoms with Gasteiger partial charge >= 0.3 is 0 Å². The van der Waals surface area contributed by atoms with Crippen molar-refractivity contribution in [1.82, 2.24) is 10.2 Å². The minimum absolute atomic E-state index is 0.131. The van der Waals surface area contributed by atoms with Crippen molar-refractivity contribution in [3.05, 3.63) is 34.3 Å². The lowest BCUT2D eigenvalue weighted by atomic mass is 10.0. The van der Waals surface area contributed by atoms with Crippen LogP contribution in [0.2, 0.25) is 5.02 Å². The van der Waals surface area contributed by atoms with Crippen molar-refractivity contribution in [2.45, 2.75) is 44.7 Å². The Balaban J connectivity index is 1.81. The summed E-state index contributed by atoms with van der Waals surface area (Å²) >= 11 is 6.08. The Morgan fingerprint density at radius 3 is 2.85 bits per heavy atom. The number of nitrogens with zero attached hydrogens (tertiary/aromatic N) is 1. The van der Waals surface area contributed by atoms with Crippen LogP contribution in [0.25, 0.3) is 0 Å². The van der Waals surface area contributed by atoms with Crippen LogP contribution in [-0.2, 0) is 0 Å². The van der Waals surface area contributed by atoms with Crippen LogP contribution in [0, 0.1) is 6.92 Å². The summed E-state index contributed by atoms with van der Waals surface area (Å²) in [7, 11) is 0. The molecule has 2 saturated heterocycles. The molecule has 2 atom stereocenters. The van der Waals surface area contributed by atoms with Crippen molar-refractivity contribution in [1.29, 1.82) is 0 Å². The smallest absolute Gasteiger partial charge is 0.254 e. The van der Waals surface area contributed by atoms with Gasteiger partial charge in [0.1, 0.15) is 0 Å². The number of nitrogens with one attached hydrogen (secondary N) is 1. The molecule has 0 bridgehead atoms. The molecule has 0 aromatic heterocycles. The molecule has 20 heavy (non-hydrogen) atoms. The number of hydrogen-bond donors (Lipinski definition) is 1. The molecular weight excluding hydrogens is 272 g/mol. The van der Waals surface area contributed by atoms with Crippen molar-refractivity contribution < 1.29 is 4.79 Å². The van der Waals surface area contributed by atoms with E-state index in [-0.39, 0.29) is 5.91 Å². The molecule has 2 unspecified atom stereocenters. The largest absolute Gasteiger partial charge is 0.334 e. The highest BCUT2D eigenvalue weighted by Crippen LogP contribution is 2.27. The number of carbonyl (C=O) groups excluding carboxylic acids is 1. The van der Waals surface area contributed by atoms with Crippen molar-refractivity contribution in [2.75, 3.05) is 13.1 Å². The second kappa shape index (κ2) is 5.74. The van der Waals surface area contributed by atoms with Crippen molar-refractivity contribution in [2.24, 2.45) is 0 Å². The highest BCUT2D eigenvalue weighted by atomic mass is 35.5. The van der Waals surface area contributed by atoms with Gasteiger partial charge in [0.25, 0.3) is 5.91 Å². The average molecular weight is 293 g/mol. The van der Waals surface area contributed by atoms with Gasteiger partial charge in [0, 0.05) is 29.2 Å². The second-order valence-corrected chi connectivity index (χ2v) is 6.36. The fraction of sp³-hybridized carbons (Fsp3) is 0.562. The Kier molecular flexibility index (Phi) is 3.99. The summed E-state index contributed by atoms with van der Waals surface area (Å²) in [5.41, 5.74) is 1.76. The number of rotatable bonds is 2. The van der Waals surface area contributed by atoms with Gasteiger partial charge < -0.3 is 10.2 Å². The Bertz CT molecular complexity index is 491. The highest BCUT2D eigenvalue weighted by molar-refractivity contribution is 6.31. The van der Waals surface area contributed by atoms with E-state index >= 15 is 0 Å². The number of aryl methyl sites for hydroxylation is 1. The van der Waals surface area contributed by atoms with E-state index in [0.29, 0.717) is 17.1 Å². The third-order valence-electron chi connectivity index (χ3n) is 4.41. The number of likely N-dealkylation sites (tertiary alicyclic amines) is 1. The molecule has 3 nitrogen and oxygen atoms in total. The third kappa shape index (κ3) is 2.70. The summed E-state index contributed by atoms with van der Waals surface area (Å²) in [6.07, 6.45) is 4.62. The van der Waals surface area contributed by atoms with Gasteiger partial charge in [-0.3, -0.25) is 4.79 Å². The number of amides is 1. The maximum atomic E-state index is 12.8. The Morgan fingerprint density at radius 2 is 2.15 bits per heavy atom. The number of benzene rings is 1. The molecule has 0 aliphatic carbocycles. The molecular formula is C16H21ClN2O. The number of carbonyl (C=O) groups is 1. The predicted octanol–water partition coefficient (Wildman–Crippen LogP) is 3.01. The molecule has 3 rings (SSSR count). The van der Waals surface area contributed by atoms with E-state index in [1.165, 1.54) is 12.8 Å². The Labute approximate surface area is 125 Å². The lowest BCUT2D eigenvalue weighted by Gasteiger charge is -2.29. The van der Waals surface area contributed by atoms with E-state index in [4.69, 9.17) is 11.6 Å². The van der Waals surface area contributed by atoms with Gasteiger partial charge in [0.2, 0.25) is 0 Å². The molecule has 2 heterocycles. The molecule has 2 fully saturated rings. The van der Waals surface area contributed by atoms with Crippen LogP contribution in [0.1, 0.15) is 41.6 Å². The quantitative estimate of drug-likeness (QED) is 0.909. The summed E-state index contributed by atoms with van der Waals surface area (Å²) in [5.74, 6) is 0.131. The topological polar surface area (TPSA) is 32.3 Å². The molecule has 2 aliphatic rings. The molecule has 0 radical (unpaired) electrons. The monoisotopic (exact) mass is 292 g/mol. The van der Waals surface area contributed by atoms with E-state index < -0.39 is 0 Å². The van der Waals surface area contributed by atoms with Gasteiger partial charge in [0.05, 0.1) is 0 Å². The number of hydrogen-bond acceptors (Lipinski definition) is 2. The van der Waals surface area contributed by atoms with Crippen LogP contribution < -0.4 is 5.32 Å². The standard InChI is InChI=1S/C16H21ClN2O/c1-11-8-12(10-13(17)9-11)16(20)19-7-3-5-15(19)14-4-2-6-18-14/h8-10,14-15,18H,2-7H2,1H3. The van der Waals surface area contributed by atoms with Crippen molar-refractivity contribution in [3.63, 3.8) is 0 Å².